The Hall–Kier alpha value is -2.00. The minimum absolute atomic E-state index is 0.159. The molecule has 0 aliphatic rings. The van der Waals surface area contributed by atoms with Gasteiger partial charge in [-0.15, -0.1) is 0 Å². The fourth-order valence-electron chi connectivity index (χ4n) is 1.17. The summed E-state index contributed by atoms with van der Waals surface area (Å²) in [6, 6.07) is 4.92. The van der Waals surface area contributed by atoms with Crippen molar-refractivity contribution in [2.24, 2.45) is 0 Å². The van der Waals surface area contributed by atoms with Crippen LogP contribution in [0.4, 0.5) is 10.6 Å². The van der Waals surface area contributed by atoms with Gasteiger partial charge in [0.1, 0.15) is 11.0 Å². The first-order valence-electron chi connectivity index (χ1n) is 5.29. The summed E-state index contributed by atoms with van der Waals surface area (Å²) in [6.07, 6.45) is 0. The molecule has 1 aromatic heterocycles. The number of nitriles is 1. The molecular formula is C11H14ClN5O. The van der Waals surface area contributed by atoms with E-state index in [9.17, 15) is 4.79 Å². The Labute approximate surface area is 111 Å². The molecule has 0 saturated heterocycles. The molecule has 0 atom stereocenters. The smallest absolute Gasteiger partial charge is 0.316 e. The van der Waals surface area contributed by atoms with Crippen molar-refractivity contribution in [2.45, 2.75) is 0 Å². The van der Waals surface area contributed by atoms with Gasteiger partial charge in [-0.3, -0.25) is 0 Å². The van der Waals surface area contributed by atoms with E-state index in [1.807, 2.05) is 6.07 Å². The number of nitrogens with one attached hydrogen (secondary N) is 2. The number of urea groups is 1. The van der Waals surface area contributed by atoms with Crippen LogP contribution in [0.2, 0.25) is 5.15 Å². The van der Waals surface area contributed by atoms with Gasteiger partial charge in [0.15, 0.2) is 0 Å². The molecule has 0 unspecified atom stereocenters. The maximum atomic E-state index is 11.2. The zero-order valence-electron chi connectivity index (χ0n) is 10.2. The number of anilines is 1. The second-order valence-corrected chi connectivity index (χ2v) is 4.12. The summed E-state index contributed by atoms with van der Waals surface area (Å²) in [5.41, 5.74) is 0.440. The van der Waals surface area contributed by atoms with Gasteiger partial charge in [-0.1, -0.05) is 11.6 Å². The first-order chi connectivity index (χ1) is 8.52. The third-order valence-corrected chi connectivity index (χ3v) is 2.23. The van der Waals surface area contributed by atoms with Crippen molar-refractivity contribution in [3.05, 3.63) is 22.8 Å². The Morgan fingerprint density at radius 3 is 2.83 bits per heavy atom. The van der Waals surface area contributed by atoms with Crippen LogP contribution in [0.25, 0.3) is 0 Å². The van der Waals surface area contributed by atoms with Crippen LogP contribution in [0.5, 0.6) is 0 Å². The van der Waals surface area contributed by atoms with Crippen LogP contribution in [0.3, 0.4) is 0 Å². The quantitative estimate of drug-likeness (QED) is 0.636. The zero-order chi connectivity index (χ0) is 13.5. The molecular weight excluding hydrogens is 254 g/mol. The maximum Gasteiger partial charge on any atom is 0.316 e. The number of halogens is 1. The van der Waals surface area contributed by atoms with E-state index in [0.29, 0.717) is 24.5 Å². The Bertz CT molecular complexity index is 469. The lowest BCUT2D eigenvalue weighted by atomic mass is 10.3. The van der Waals surface area contributed by atoms with E-state index in [1.54, 1.807) is 20.2 Å². The van der Waals surface area contributed by atoms with Crippen molar-refractivity contribution >= 4 is 23.4 Å². The van der Waals surface area contributed by atoms with Crippen molar-refractivity contribution in [1.82, 2.24) is 15.2 Å². The molecule has 1 heterocycles. The predicted octanol–water partition coefficient (Wildman–Crippen LogP) is 1.29. The van der Waals surface area contributed by atoms with Gasteiger partial charge in [-0.2, -0.15) is 5.26 Å². The molecule has 0 spiro atoms. The van der Waals surface area contributed by atoms with Gasteiger partial charge in [0, 0.05) is 27.2 Å². The number of rotatable bonds is 4. The molecule has 6 nitrogen and oxygen atoms in total. The highest BCUT2D eigenvalue weighted by Gasteiger charge is 2.02. The normalized spacial score (nSPS) is 9.44. The van der Waals surface area contributed by atoms with E-state index in [-0.39, 0.29) is 11.2 Å². The van der Waals surface area contributed by atoms with Crippen LogP contribution in [0.1, 0.15) is 5.56 Å². The Balaban J connectivity index is 2.43. The predicted molar refractivity (Wildman–Crippen MR) is 69.5 cm³/mol. The zero-order valence-corrected chi connectivity index (χ0v) is 11.0. The largest absolute Gasteiger partial charge is 0.368 e. The summed E-state index contributed by atoms with van der Waals surface area (Å²) in [7, 11) is 3.33. The lowest BCUT2D eigenvalue weighted by Gasteiger charge is -2.12. The van der Waals surface area contributed by atoms with Gasteiger partial charge in [0.05, 0.1) is 11.6 Å². The second kappa shape index (κ2) is 6.67. The summed E-state index contributed by atoms with van der Waals surface area (Å²) in [5.74, 6) is 0.512. The van der Waals surface area contributed by atoms with E-state index >= 15 is 0 Å². The molecule has 0 fully saturated rings. The van der Waals surface area contributed by atoms with Gasteiger partial charge in [0.2, 0.25) is 0 Å². The summed E-state index contributed by atoms with van der Waals surface area (Å²) >= 11 is 5.75. The highest BCUT2D eigenvalue weighted by Crippen LogP contribution is 2.13. The standard InChI is InChI=1S/C11H14ClN5O/c1-17(2)11(18)15-4-3-14-10-6-8(7-13)5-9(12)16-10/h5-6H,3-4H2,1-2H3,(H,14,16)(H,15,18). The second-order valence-electron chi connectivity index (χ2n) is 3.73. The van der Waals surface area contributed by atoms with E-state index in [2.05, 4.69) is 15.6 Å². The van der Waals surface area contributed by atoms with Crippen LogP contribution in [-0.2, 0) is 0 Å². The van der Waals surface area contributed by atoms with Crippen molar-refractivity contribution in [3.8, 4) is 6.07 Å². The third kappa shape index (κ3) is 4.47. The molecule has 0 aromatic carbocycles. The summed E-state index contributed by atoms with van der Waals surface area (Å²) in [4.78, 5) is 16.7. The maximum absolute atomic E-state index is 11.2. The molecule has 1 aromatic rings. The van der Waals surface area contributed by atoms with Crippen molar-refractivity contribution in [2.75, 3.05) is 32.5 Å². The number of carbonyl (C=O) groups excluding carboxylic acids is 1. The first-order valence-corrected chi connectivity index (χ1v) is 5.67. The summed E-state index contributed by atoms with van der Waals surface area (Å²) in [5, 5.41) is 14.7. The summed E-state index contributed by atoms with van der Waals surface area (Å²) in [6.45, 7) is 0.949. The fourth-order valence-corrected chi connectivity index (χ4v) is 1.38. The highest BCUT2D eigenvalue weighted by molar-refractivity contribution is 6.29. The molecule has 96 valence electrons. The monoisotopic (exact) mass is 267 g/mol. The Morgan fingerprint density at radius 1 is 1.50 bits per heavy atom. The molecule has 0 bridgehead atoms. The number of carbonyl (C=O) groups is 1. The van der Waals surface area contributed by atoms with Crippen LogP contribution in [0.15, 0.2) is 12.1 Å². The molecule has 18 heavy (non-hydrogen) atoms. The topological polar surface area (TPSA) is 81.0 Å². The SMILES string of the molecule is CN(C)C(=O)NCCNc1cc(C#N)cc(Cl)n1. The minimum atomic E-state index is -0.159. The Kier molecular flexibility index (Phi) is 5.21. The number of hydrogen-bond acceptors (Lipinski definition) is 4. The van der Waals surface area contributed by atoms with Crippen LogP contribution in [0, 0.1) is 11.3 Å². The van der Waals surface area contributed by atoms with Crippen LogP contribution in [-0.4, -0.2) is 43.1 Å². The van der Waals surface area contributed by atoms with E-state index in [4.69, 9.17) is 16.9 Å². The van der Waals surface area contributed by atoms with E-state index < -0.39 is 0 Å². The molecule has 1 rings (SSSR count). The number of hydrogen-bond donors (Lipinski definition) is 2. The van der Waals surface area contributed by atoms with Crippen molar-refractivity contribution < 1.29 is 4.79 Å². The number of pyridine rings is 1. The molecule has 0 aliphatic heterocycles. The highest BCUT2D eigenvalue weighted by atomic mass is 35.5. The fraction of sp³-hybridized carbons (Fsp3) is 0.364. The van der Waals surface area contributed by atoms with Gasteiger partial charge in [-0.05, 0) is 12.1 Å². The minimum Gasteiger partial charge on any atom is -0.368 e. The lowest BCUT2D eigenvalue weighted by molar-refractivity contribution is 0.218. The summed E-state index contributed by atoms with van der Waals surface area (Å²) < 4.78 is 0. The molecule has 0 radical (unpaired) electrons. The third-order valence-electron chi connectivity index (χ3n) is 2.04. The van der Waals surface area contributed by atoms with Crippen molar-refractivity contribution in [1.29, 1.82) is 5.26 Å². The average molecular weight is 268 g/mol. The lowest BCUT2D eigenvalue weighted by Crippen LogP contribution is -2.37. The number of aromatic nitrogens is 1. The van der Waals surface area contributed by atoms with Crippen molar-refractivity contribution in [3.63, 3.8) is 0 Å². The van der Waals surface area contributed by atoms with Gasteiger partial charge < -0.3 is 15.5 Å². The van der Waals surface area contributed by atoms with Gasteiger partial charge >= 0.3 is 6.03 Å². The number of amides is 2. The van der Waals surface area contributed by atoms with Gasteiger partial charge in [0.25, 0.3) is 0 Å². The molecule has 2 amide bonds. The Morgan fingerprint density at radius 2 is 2.22 bits per heavy atom. The number of nitrogens with zero attached hydrogens (tertiary/aromatic N) is 3. The van der Waals surface area contributed by atoms with Gasteiger partial charge in [-0.25, -0.2) is 9.78 Å². The van der Waals surface area contributed by atoms with E-state index in [1.165, 1.54) is 11.0 Å². The first kappa shape index (κ1) is 14.1. The molecule has 0 aliphatic carbocycles. The van der Waals surface area contributed by atoms with Crippen LogP contribution >= 0.6 is 11.6 Å². The molecule has 7 heteroatoms. The van der Waals surface area contributed by atoms with Crippen LogP contribution < -0.4 is 10.6 Å². The molecule has 0 saturated carbocycles. The average Bonchev–Trinajstić information content (AvgIpc) is 2.33. The van der Waals surface area contributed by atoms with E-state index in [0.717, 1.165) is 0 Å². The molecule has 2 N–H and O–H groups in total.